The van der Waals surface area contributed by atoms with E-state index in [1.54, 1.807) is 4.52 Å². The molecule has 2 N–H and O–H groups in total. The van der Waals surface area contributed by atoms with Crippen LogP contribution in [0.2, 0.25) is 5.15 Å². The molecule has 136 valence electrons. The van der Waals surface area contributed by atoms with Gasteiger partial charge < -0.3 is 5.73 Å². The van der Waals surface area contributed by atoms with Crippen LogP contribution in [-0.4, -0.2) is 30.3 Å². The number of nitrogens with two attached hydrogens (primary N) is 1. The molecule has 0 aliphatic carbocycles. The van der Waals surface area contributed by atoms with Crippen molar-refractivity contribution in [2.45, 2.75) is 6.92 Å². The second-order valence-electron chi connectivity index (χ2n) is 5.89. The van der Waals surface area contributed by atoms with Gasteiger partial charge in [-0.1, -0.05) is 41.9 Å². The summed E-state index contributed by atoms with van der Waals surface area (Å²) in [6.45, 7) is 1.81. The SMILES string of the molecule is CC(=Nc1ncnc(N)c1C#N)c1cc2ncc(Cl)n2nc1-c1ccccc1. The lowest BCUT2D eigenvalue weighted by molar-refractivity contribution is 0.940. The first-order valence-corrected chi connectivity index (χ1v) is 8.62. The van der Waals surface area contributed by atoms with E-state index >= 15 is 0 Å². The third kappa shape index (κ3) is 3.04. The summed E-state index contributed by atoms with van der Waals surface area (Å²) in [4.78, 5) is 16.7. The number of aromatic nitrogens is 5. The van der Waals surface area contributed by atoms with Crippen molar-refractivity contribution in [1.82, 2.24) is 24.6 Å². The Bertz CT molecular complexity index is 1250. The zero-order valence-corrected chi connectivity index (χ0v) is 15.5. The molecule has 0 spiro atoms. The van der Waals surface area contributed by atoms with Gasteiger partial charge in [0.2, 0.25) is 0 Å². The molecule has 0 saturated heterocycles. The highest BCUT2D eigenvalue weighted by atomic mass is 35.5. The van der Waals surface area contributed by atoms with E-state index < -0.39 is 0 Å². The maximum atomic E-state index is 9.34. The number of halogens is 1. The molecule has 0 atom stereocenters. The van der Waals surface area contributed by atoms with E-state index in [9.17, 15) is 5.26 Å². The second-order valence-corrected chi connectivity index (χ2v) is 6.28. The lowest BCUT2D eigenvalue weighted by atomic mass is 10.0. The molecule has 4 aromatic rings. The topological polar surface area (TPSA) is 118 Å². The zero-order chi connectivity index (χ0) is 19.7. The van der Waals surface area contributed by atoms with E-state index in [0.29, 0.717) is 22.2 Å². The Hall–Kier alpha value is -3.83. The molecule has 3 heterocycles. The lowest BCUT2D eigenvalue weighted by Gasteiger charge is -2.10. The van der Waals surface area contributed by atoms with Crippen LogP contribution in [0.5, 0.6) is 0 Å². The summed E-state index contributed by atoms with van der Waals surface area (Å²) in [6.07, 6.45) is 2.81. The molecule has 1 aromatic carbocycles. The van der Waals surface area contributed by atoms with E-state index in [0.717, 1.165) is 11.1 Å². The van der Waals surface area contributed by atoms with Crippen LogP contribution in [0.3, 0.4) is 0 Å². The molecule has 8 nitrogen and oxygen atoms in total. The minimum absolute atomic E-state index is 0.0842. The van der Waals surface area contributed by atoms with Crippen LogP contribution in [0.15, 0.2) is 53.9 Å². The lowest BCUT2D eigenvalue weighted by Crippen LogP contribution is -2.06. The summed E-state index contributed by atoms with van der Waals surface area (Å²) in [5.41, 5.74) is 9.37. The molecule has 28 heavy (non-hydrogen) atoms. The van der Waals surface area contributed by atoms with Gasteiger partial charge in [-0.25, -0.2) is 24.5 Å². The summed E-state index contributed by atoms with van der Waals surface area (Å²) in [5.74, 6) is 0.286. The Morgan fingerprint density at radius 1 is 1.21 bits per heavy atom. The van der Waals surface area contributed by atoms with E-state index in [1.807, 2.05) is 49.4 Å². The first-order valence-electron chi connectivity index (χ1n) is 8.24. The van der Waals surface area contributed by atoms with E-state index in [-0.39, 0.29) is 17.2 Å². The summed E-state index contributed by atoms with van der Waals surface area (Å²) in [6, 6.07) is 13.5. The molecular formula is C19H13ClN8. The number of hydrogen-bond donors (Lipinski definition) is 1. The van der Waals surface area contributed by atoms with Crippen molar-refractivity contribution in [3.05, 3.63) is 65.2 Å². The molecule has 0 bridgehead atoms. The average molecular weight is 389 g/mol. The number of benzene rings is 1. The number of rotatable bonds is 3. The third-order valence-corrected chi connectivity index (χ3v) is 4.39. The molecule has 0 fully saturated rings. The van der Waals surface area contributed by atoms with Crippen LogP contribution < -0.4 is 5.73 Å². The first-order chi connectivity index (χ1) is 13.6. The zero-order valence-electron chi connectivity index (χ0n) is 14.7. The summed E-state index contributed by atoms with van der Waals surface area (Å²) in [7, 11) is 0. The number of hydrogen-bond acceptors (Lipinski definition) is 7. The second kappa shape index (κ2) is 7.06. The van der Waals surface area contributed by atoms with E-state index in [1.165, 1.54) is 12.5 Å². The van der Waals surface area contributed by atoms with E-state index in [4.69, 9.17) is 17.3 Å². The summed E-state index contributed by atoms with van der Waals surface area (Å²) >= 11 is 6.19. The molecule has 9 heteroatoms. The Labute approximate surface area is 165 Å². The smallest absolute Gasteiger partial charge is 0.175 e. The van der Waals surface area contributed by atoms with Gasteiger partial charge in [0.05, 0.1) is 6.20 Å². The number of nitrogens with zero attached hydrogens (tertiary/aromatic N) is 7. The maximum absolute atomic E-state index is 9.34. The van der Waals surface area contributed by atoms with Gasteiger partial charge in [-0.15, -0.1) is 0 Å². The number of fused-ring (bicyclic) bond motifs is 1. The highest BCUT2D eigenvalue weighted by Crippen LogP contribution is 2.26. The Morgan fingerprint density at radius 3 is 2.75 bits per heavy atom. The van der Waals surface area contributed by atoms with Gasteiger partial charge in [0.25, 0.3) is 0 Å². The van der Waals surface area contributed by atoms with Gasteiger partial charge in [0, 0.05) is 16.8 Å². The van der Waals surface area contributed by atoms with Crippen molar-refractivity contribution in [3.8, 4) is 17.3 Å². The number of anilines is 1. The van der Waals surface area contributed by atoms with Gasteiger partial charge >= 0.3 is 0 Å². The normalized spacial score (nSPS) is 11.5. The number of nitrogen functional groups attached to an aromatic ring is 1. The minimum atomic E-state index is 0.0842. The molecule has 0 unspecified atom stereocenters. The number of nitriles is 1. The molecule has 0 saturated carbocycles. The van der Waals surface area contributed by atoms with Crippen molar-refractivity contribution in [2.24, 2.45) is 4.99 Å². The highest BCUT2D eigenvalue weighted by Gasteiger charge is 2.16. The highest BCUT2D eigenvalue weighted by molar-refractivity contribution is 6.29. The van der Waals surface area contributed by atoms with Crippen LogP contribution in [0.1, 0.15) is 18.1 Å². The summed E-state index contributed by atoms with van der Waals surface area (Å²) < 4.78 is 1.56. The molecule has 0 amide bonds. The van der Waals surface area contributed by atoms with Gasteiger partial charge in [-0.3, -0.25) is 0 Å². The van der Waals surface area contributed by atoms with Crippen LogP contribution in [-0.2, 0) is 0 Å². The average Bonchev–Trinajstić information content (AvgIpc) is 3.08. The standard InChI is InChI=1S/C19H13ClN8/c1-11(26-19-14(8-21)18(22)24-10-25-19)13-7-16-23-9-15(20)28(16)27-17(13)12-5-3-2-4-6-12/h2-7,9-10H,1H3,(H2,22,24,25). The van der Waals surface area contributed by atoms with Crippen molar-refractivity contribution >= 4 is 34.6 Å². The van der Waals surface area contributed by atoms with Gasteiger partial charge in [-0.2, -0.15) is 10.4 Å². The van der Waals surface area contributed by atoms with E-state index in [2.05, 4.69) is 25.0 Å². The van der Waals surface area contributed by atoms with Crippen molar-refractivity contribution in [3.63, 3.8) is 0 Å². The predicted molar refractivity (Wildman–Crippen MR) is 106 cm³/mol. The summed E-state index contributed by atoms with van der Waals surface area (Å²) in [5, 5.41) is 14.4. The fourth-order valence-corrected chi connectivity index (χ4v) is 2.95. The maximum Gasteiger partial charge on any atom is 0.175 e. The number of imidazole rings is 1. The van der Waals surface area contributed by atoms with Crippen molar-refractivity contribution in [1.29, 1.82) is 5.26 Å². The Morgan fingerprint density at radius 2 is 2.00 bits per heavy atom. The van der Waals surface area contributed by atoms with Gasteiger partial charge in [0.1, 0.15) is 29.5 Å². The molecule has 4 rings (SSSR count). The molecule has 0 radical (unpaired) electrons. The van der Waals surface area contributed by atoms with Crippen molar-refractivity contribution in [2.75, 3.05) is 5.73 Å². The first kappa shape index (κ1) is 17.6. The number of aliphatic imine (C=N–C) groups is 1. The molecule has 0 aliphatic rings. The largest absolute Gasteiger partial charge is 0.382 e. The van der Waals surface area contributed by atoms with Crippen LogP contribution in [0.4, 0.5) is 11.6 Å². The van der Waals surface area contributed by atoms with Gasteiger partial charge in [0.15, 0.2) is 16.6 Å². The van der Waals surface area contributed by atoms with Gasteiger partial charge in [-0.05, 0) is 13.0 Å². The predicted octanol–water partition coefficient (Wildman–Crippen LogP) is 3.43. The van der Waals surface area contributed by atoms with Crippen LogP contribution in [0, 0.1) is 11.3 Å². The van der Waals surface area contributed by atoms with Crippen molar-refractivity contribution < 1.29 is 0 Å². The Balaban J connectivity index is 1.95. The quantitative estimate of drug-likeness (QED) is 0.537. The third-order valence-electron chi connectivity index (χ3n) is 4.13. The molecule has 0 aliphatic heterocycles. The van der Waals surface area contributed by atoms with Crippen LogP contribution >= 0.6 is 11.6 Å². The molecular weight excluding hydrogens is 376 g/mol. The monoisotopic (exact) mass is 388 g/mol. The molecule has 3 aromatic heterocycles. The Kier molecular flexibility index (Phi) is 4.43. The van der Waals surface area contributed by atoms with Crippen LogP contribution in [0.25, 0.3) is 16.9 Å². The minimum Gasteiger partial charge on any atom is -0.382 e. The fourth-order valence-electron chi connectivity index (χ4n) is 2.77. The fraction of sp³-hybridized carbons (Fsp3) is 0.0526.